The highest BCUT2D eigenvalue weighted by atomic mass is 16.5. The summed E-state index contributed by atoms with van der Waals surface area (Å²) >= 11 is 0. The van der Waals surface area contributed by atoms with E-state index in [4.69, 9.17) is 9.47 Å². The van der Waals surface area contributed by atoms with Gasteiger partial charge in [-0.2, -0.15) is 0 Å². The van der Waals surface area contributed by atoms with Crippen LogP contribution in [0.5, 0.6) is 5.75 Å². The fraction of sp³-hybridized carbons (Fsp3) is 0.556. The Morgan fingerprint density at radius 3 is 2.84 bits per heavy atom. The Labute approximate surface area is 148 Å². The second-order valence-electron chi connectivity index (χ2n) is 6.21. The molecule has 0 saturated carbocycles. The molecule has 0 radical (unpaired) electrons. The minimum absolute atomic E-state index is 0.0378. The number of amides is 2. The summed E-state index contributed by atoms with van der Waals surface area (Å²) < 4.78 is 11.0. The standard InChI is InChI=1S/C18H27N3O4/c1-5-24-9-8-19-17(22)11-14-12-25-16-7-6-13(18(23)20(2)3)10-15(16)21(14)4/h6-7,10,14H,5,8-9,11-12H2,1-4H3,(H,19,22)/t14-/m0/s1. The van der Waals surface area contributed by atoms with Crippen LogP contribution in [0.2, 0.25) is 0 Å². The van der Waals surface area contributed by atoms with Crippen LogP contribution in [0.3, 0.4) is 0 Å². The molecule has 1 aliphatic heterocycles. The molecule has 7 heteroatoms. The number of carbonyl (C=O) groups excluding carboxylic acids is 2. The number of hydrogen-bond donors (Lipinski definition) is 1. The van der Waals surface area contributed by atoms with E-state index in [1.54, 1.807) is 26.2 Å². The molecule has 0 aromatic heterocycles. The number of fused-ring (bicyclic) bond motifs is 1. The van der Waals surface area contributed by atoms with E-state index in [-0.39, 0.29) is 17.9 Å². The molecule has 7 nitrogen and oxygen atoms in total. The smallest absolute Gasteiger partial charge is 0.253 e. The predicted octanol–water partition coefficient (Wildman–Crippen LogP) is 1.13. The van der Waals surface area contributed by atoms with Gasteiger partial charge in [0.05, 0.1) is 24.8 Å². The zero-order valence-electron chi connectivity index (χ0n) is 15.4. The molecular weight excluding hydrogens is 322 g/mol. The van der Waals surface area contributed by atoms with Gasteiger partial charge in [-0.05, 0) is 25.1 Å². The average molecular weight is 349 g/mol. The zero-order valence-corrected chi connectivity index (χ0v) is 15.4. The Morgan fingerprint density at radius 1 is 1.40 bits per heavy atom. The van der Waals surface area contributed by atoms with Gasteiger partial charge in [-0.15, -0.1) is 0 Å². The van der Waals surface area contributed by atoms with Crippen molar-refractivity contribution in [3.63, 3.8) is 0 Å². The average Bonchev–Trinajstić information content (AvgIpc) is 2.60. The zero-order chi connectivity index (χ0) is 18.4. The van der Waals surface area contributed by atoms with Crippen molar-refractivity contribution in [3.05, 3.63) is 23.8 Å². The summed E-state index contributed by atoms with van der Waals surface area (Å²) in [4.78, 5) is 27.8. The van der Waals surface area contributed by atoms with Crippen molar-refractivity contribution in [1.29, 1.82) is 0 Å². The van der Waals surface area contributed by atoms with Crippen molar-refractivity contribution in [1.82, 2.24) is 10.2 Å². The lowest BCUT2D eigenvalue weighted by Crippen LogP contribution is -2.44. The third kappa shape index (κ3) is 4.85. The highest BCUT2D eigenvalue weighted by Crippen LogP contribution is 2.34. The predicted molar refractivity (Wildman–Crippen MR) is 96.3 cm³/mol. The largest absolute Gasteiger partial charge is 0.489 e. The van der Waals surface area contributed by atoms with Crippen LogP contribution in [-0.4, -0.2) is 70.3 Å². The topological polar surface area (TPSA) is 71.1 Å². The van der Waals surface area contributed by atoms with Gasteiger partial charge in [0.15, 0.2) is 0 Å². The number of anilines is 1. The molecule has 0 spiro atoms. The van der Waals surface area contributed by atoms with Gasteiger partial charge >= 0.3 is 0 Å². The lowest BCUT2D eigenvalue weighted by atomic mass is 10.1. The van der Waals surface area contributed by atoms with E-state index in [0.717, 1.165) is 11.4 Å². The Balaban J connectivity index is 2.01. The normalized spacial score (nSPS) is 16.0. The van der Waals surface area contributed by atoms with Crippen LogP contribution in [-0.2, 0) is 9.53 Å². The van der Waals surface area contributed by atoms with Crippen LogP contribution in [0, 0.1) is 0 Å². The number of benzene rings is 1. The summed E-state index contributed by atoms with van der Waals surface area (Å²) in [7, 11) is 5.36. The minimum Gasteiger partial charge on any atom is -0.489 e. The van der Waals surface area contributed by atoms with Crippen molar-refractivity contribution < 1.29 is 19.1 Å². The maximum atomic E-state index is 12.2. The number of nitrogens with zero attached hydrogens (tertiary/aromatic N) is 2. The van der Waals surface area contributed by atoms with Crippen molar-refractivity contribution in [3.8, 4) is 5.75 Å². The molecule has 0 unspecified atom stereocenters. The Morgan fingerprint density at radius 2 is 2.16 bits per heavy atom. The first kappa shape index (κ1) is 19.1. The molecule has 0 aliphatic carbocycles. The number of hydrogen-bond acceptors (Lipinski definition) is 5. The van der Waals surface area contributed by atoms with E-state index in [0.29, 0.717) is 38.3 Å². The quantitative estimate of drug-likeness (QED) is 0.747. The van der Waals surface area contributed by atoms with Gasteiger partial charge in [0.25, 0.3) is 5.91 Å². The molecule has 138 valence electrons. The molecule has 1 aliphatic rings. The van der Waals surface area contributed by atoms with E-state index in [9.17, 15) is 9.59 Å². The molecule has 0 bridgehead atoms. The number of carbonyl (C=O) groups is 2. The molecule has 1 N–H and O–H groups in total. The number of likely N-dealkylation sites (N-methyl/N-ethyl adjacent to an activating group) is 1. The highest BCUT2D eigenvalue weighted by Gasteiger charge is 2.27. The van der Waals surface area contributed by atoms with Gasteiger partial charge in [-0.25, -0.2) is 0 Å². The Kier molecular flexibility index (Phi) is 6.64. The van der Waals surface area contributed by atoms with Crippen LogP contribution in [0.15, 0.2) is 18.2 Å². The molecule has 2 rings (SSSR count). The first-order chi connectivity index (χ1) is 11.9. The van der Waals surface area contributed by atoms with E-state index < -0.39 is 0 Å². The number of rotatable bonds is 7. The Hall–Kier alpha value is -2.28. The van der Waals surface area contributed by atoms with Gasteiger partial charge in [0.1, 0.15) is 12.4 Å². The van der Waals surface area contributed by atoms with Gasteiger partial charge in [0, 0.05) is 39.9 Å². The molecular formula is C18H27N3O4. The first-order valence-corrected chi connectivity index (χ1v) is 8.49. The fourth-order valence-electron chi connectivity index (χ4n) is 2.69. The molecule has 1 atom stereocenters. The molecule has 0 saturated heterocycles. The summed E-state index contributed by atoms with van der Waals surface area (Å²) in [6.45, 7) is 4.01. The van der Waals surface area contributed by atoms with Crippen LogP contribution in [0.25, 0.3) is 0 Å². The number of nitrogens with one attached hydrogen (secondary N) is 1. The molecule has 1 aromatic carbocycles. The van der Waals surface area contributed by atoms with Gasteiger partial charge in [0.2, 0.25) is 5.91 Å². The fourth-order valence-corrected chi connectivity index (χ4v) is 2.69. The molecule has 1 heterocycles. The lowest BCUT2D eigenvalue weighted by molar-refractivity contribution is -0.121. The van der Waals surface area contributed by atoms with Gasteiger partial charge in [-0.3, -0.25) is 9.59 Å². The van der Waals surface area contributed by atoms with E-state index >= 15 is 0 Å². The van der Waals surface area contributed by atoms with Gasteiger partial charge in [-0.1, -0.05) is 0 Å². The maximum Gasteiger partial charge on any atom is 0.253 e. The van der Waals surface area contributed by atoms with Crippen LogP contribution >= 0.6 is 0 Å². The first-order valence-electron chi connectivity index (χ1n) is 8.49. The molecule has 25 heavy (non-hydrogen) atoms. The SMILES string of the molecule is CCOCCNC(=O)C[C@H]1COc2ccc(C(=O)N(C)C)cc2N1C. The monoisotopic (exact) mass is 349 g/mol. The second kappa shape index (κ2) is 8.71. The Bertz CT molecular complexity index is 618. The molecule has 1 aromatic rings. The van der Waals surface area contributed by atoms with E-state index in [2.05, 4.69) is 5.32 Å². The number of ether oxygens (including phenoxy) is 2. The van der Waals surface area contributed by atoms with Crippen molar-refractivity contribution >= 4 is 17.5 Å². The van der Waals surface area contributed by atoms with E-state index in [1.165, 1.54) is 4.90 Å². The van der Waals surface area contributed by atoms with Crippen LogP contribution in [0.1, 0.15) is 23.7 Å². The highest BCUT2D eigenvalue weighted by molar-refractivity contribution is 5.95. The maximum absolute atomic E-state index is 12.2. The third-order valence-corrected chi connectivity index (χ3v) is 4.16. The van der Waals surface area contributed by atoms with Crippen molar-refractivity contribution in [2.45, 2.75) is 19.4 Å². The summed E-state index contributed by atoms with van der Waals surface area (Å²) in [6, 6.07) is 5.30. The van der Waals surface area contributed by atoms with Crippen molar-refractivity contribution in [2.24, 2.45) is 0 Å². The summed E-state index contributed by atoms with van der Waals surface area (Å²) in [5, 5.41) is 2.85. The molecule has 2 amide bonds. The van der Waals surface area contributed by atoms with Crippen LogP contribution < -0.4 is 15.0 Å². The second-order valence-corrected chi connectivity index (χ2v) is 6.21. The summed E-state index contributed by atoms with van der Waals surface area (Å²) in [6.07, 6.45) is 0.327. The lowest BCUT2D eigenvalue weighted by Gasteiger charge is -2.35. The summed E-state index contributed by atoms with van der Waals surface area (Å²) in [5.41, 5.74) is 1.42. The third-order valence-electron chi connectivity index (χ3n) is 4.16. The van der Waals surface area contributed by atoms with Crippen LogP contribution in [0.4, 0.5) is 5.69 Å². The van der Waals surface area contributed by atoms with Crippen molar-refractivity contribution in [2.75, 3.05) is 52.4 Å². The van der Waals surface area contributed by atoms with E-state index in [1.807, 2.05) is 24.9 Å². The summed E-state index contributed by atoms with van der Waals surface area (Å²) in [5.74, 6) is 0.627. The van der Waals surface area contributed by atoms with Gasteiger partial charge < -0.3 is 24.6 Å². The molecule has 0 fully saturated rings. The minimum atomic E-state index is -0.0794.